The number of piperidine rings is 1. The Morgan fingerprint density at radius 3 is 2.65 bits per heavy atom. The van der Waals surface area contributed by atoms with Crippen molar-refractivity contribution in [2.45, 2.75) is 25.8 Å². The molecule has 0 unspecified atom stereocenters. The van der Waals surface area contributed by atoms with Gasteiger partial charge in [-0.15, -0.1) is 11.3 Å². The molecule has 2 aromatic carbocycles. The molecule has 1 saturated heterocycles. The minimum Gasteiger partial charge on any atom is -0.490 e. The van der Waals surface area contributed by atoms with Crippen molar-refractivity contribution in [2.75, 3.05) is 26.7 Å². The number of thiophene rings is 1. The van der Waals surface area contributed by atoms with E-state index >= 15 is 0 Å². The molecule has 9 heteroatoms. The van der Waals surface area contributed by atoms with Crippen LogP contribution in [0.25, 0.3) is 36.5 Å². The molecule has 0 N–H and O–H groups in total. The Balaban J connectivity index is 1.28. The summed E-state index contributed by atoms with van der Waals surface area (Å²) in [7, 11) is 2.15. The topological polar surface area (TPSA) is 64.6 Å². The molecule has 6 rings (SSSR count). The van der Waals surface area contributed by atoms with Crippen LogP contribution in [0.2, 0.25) is 0 Å². The minimum absolute atomic E-state index is 0.448. The van der Waals surface area contributed by atoms with Gasteiger partial charge in [-0.2, -0.15) is 0 Å². The highest BCUT2D eigenvalue weighted by Crippen LogP contribution is 2.37. The van der Waals surface area contributed by atoms with Gasteiger partial charge in [0.15, 0.2) is 23.1 Å². The number of hydrogen-bond donors (Lipinski definition) is 0. The molecule has 4 heterocycles. The maximum absolute atomic E-state index is 14.9. The first-order valence-corrected chi connectivity index (χ1v) is 14.1. The molecule has 7 nitrogen and oxygen atoms in total. The first-order valence-electron chi connectivity index (χ1n) is 13.3. The zero-order valence-corrected chi connectivity index (χ0v) is 23.1. The molecule has 5 aromatic rings. The number of pyridine rings is 1. The highest BCUT2D eigenvalue weighted by Gasteiger charge is 2.21. The zero-order chi connectivity index (χ0) is 27.8. The number of likely N-dealkylation sites (tertiary alicyclic amines) is 1. The van der Waals surface area contributed by atoms with Crippen LogP contribution in [0.1, 0.15) is 31.4 Å². The standard InChI is InChI=1S/C31H28FN5O2S/c1-19(37-30(38)27(32)15-26-25-14-23(33-2)7-8-28(25)40-31(26)37)21-5-4-6-22(13-21)29-34-16-24(17-35-29)39-18-20-9-11-36(3)12-10-20/h4-8,13-17,19-20H,9-12,18H2,1,3H3/t19-/m1/s1. The summed E-state index contributed by atoms with van der Waals surface area (Å²) in [5, 5.41) is 1.40. The van der Waals surface area contributed by atoms with Gasteiger partial charge in [0, 0.05) is 15.6 Å². The second kappa shape index (κ2) is 10.8. The second-order valence-corrected chi connectivity index (χ2v) is 11.4. The van der Waals surface area contributed by atoms with E-state index in [1.54, 1.807) is 24.5 Å². The molecule has 0 aliphatic carbocycles. The quantitative estimate of drug-likeness (QED) is 0.219. The zero-order valence-electron chi connectivity index (χ0n) is 22.3. The summed E-state index contributed by atoms with van der Waals surface area (Å²) in [5.41, 5.74) is 1.43. The van der Waals surface area contributed by atoms with Gasteiger partial charge in [0.05, 0.1) is 31.6 Å². The van der Waals surface area contributed by atoms with E-state index in [1.807, 2.05) is 37.3 Å². The van der Waals surface area contributed by atoms with Crippen molar-refractivity contribution in [2.24, 2.45) is 5.92 Å². The molecule has 0 radical (unpaired) electrons. The third-order valence-electron chi connectivity index (χ3n) is 7.70. The van der Waals surface area contributed by atoms with E-state index in [0.29, 0.717) is 40.0 Å². The predicted octanol–water partition coefficient (Wildman–Crippen LogP) is 6.69. The van der Waals surface area contributed by atoms with E-state index in [4.69, 9.17) is 11.3 Å². The van der Waals surface area contributed by atoms with Crippen LogP contribution in [0, 0.1) is 18.3 Å². The maximum Gasteiger partial charge on any atom is 0.288 e. The lowest BCUT2D eigenvalue weighted by atomic mass is 9.98. The van der Waals surface area contributed by atoms with Crippen LogP contribution in [-0.2, 0) is 0 Å². The maximum atomic E-state index is 14.9. The van der Waals surface area contributed by atoms with E-state index in [0.717, 1.165) is 47.1 Å². The Morgan fingerprint density at radius 1 is 1.12 bits per heavy atom. The fourth-order valence-corrected chi connectivity index (χ4v) is 6.54. The highest BCUT2D eigenvalue weighted by molar-refractivity contribution is 7.25. The number of ether oxygens (including phenoxy) is 1. The van der Waals surface area contributed by atoms with Crippen molar-refractivity contribution in [3.63, 3.8) is 0 Å². The molecule has 202 valence electrons. The van der Waals surface area contributed by atoms with Crippen LogP contribution in [0.4, 0.5) is 10.1 Å². The van der Waals surface area contributed by atoms with E-state index in [2.05, 4.69) is 26.8 Å². The van der Waals surface area contributed by atoms with Gasteiger partial charge in [0.2, 0.25) is 0 Å². The third kappa shape index (κ3) is 4.96. The largest absolute Gasteiger partial charge is 0.490 e. The molecule has 1 aliphatic rings. The molecule has 1 atom stereocenters. The lowest BCUT2D eigenvalue weighted by molar-refractivity contribution is 0.159. The summed E-state index contributed by atoms with van der Waals surface area (Å²) in [6, 6.07) is 13.8. The van der Waals surface area contributed by atoms with Crippen molar-refractivity contribution in [3.05, 3.63) is 94.1 Å². The van der Waals surface area contributed by atoms with Crippen molar-refractivity contribution in [1.29, 1.82) is 0 Å². The number of benzene rings is 2. The highest BCUT2D eigenvalue weighted by atomic mass is 32.1. The lowest BCUT2D eigenvalue weighted by Gasteiger charge is -2.28. The summed E-state index contributed by atoms with van der Waals surface area (Å²) in [6.07, 6.45) is 5.65. The number of halogens is 1. The monoisotopic (exact) mass is 553 g/mol. The van der Waals surface area contributed by atoms with Crippen molar-refractivity contribution in [3.8, 4) is 17.1 Å². The number of hydrogen-bond acceptors (Lipinski definition) is 6. The number of fused-ring (bicyclic) bond motifs is 3. The molecule has 0 saturated carbocycles. The second-order valence-electron chi connectivity index (χ2n) is 10.4. The Labute approximate surface area is 235 Å². The molecular weight excluding hydrogens is 525 g/mol. The summed E-state index contributed by atoms with van der Waals surface area (Å²) >= 11 is 1.42. The Hall–Kier alpha value is -4.13. The summed E-state index contributed by atoms with van der Waals surface area (Å²) < 4.78 is 23.3. The third-order valence-corrected chi connectivity index (χ3v) is 8.88. The molecule has 40 heavy (non-hydrogen) atoms. The van der Waals surface area contributed by atoms with Crippen molar-refractivity contribution < 1.29 is 9.13 Å². The Bertz CT molecular complexity index is 1800. The number of nitrogens with zero attached hydrogens (tertiary/aromatic N) is 5. The average Bonchev–Trinajstić information content (AvgIpc) is 3.34. The van der Waals surface area contributed by atoms with Crippen LogP contribution in [0.3, 0.4) is 0 Å². The average molecular weight is 554 g/mol. The fourth-order valence-electron chi connectivity index (χ4n) is 5.30. The van der Waals surface area contributed by atoms with E-state index < -0.39 is 17.4 Å². The Morgan fingerprint density at radius 2 is 1.90 bits per heavy atom. The normalized spacial score (nSPS) is 15.3. The molecule has 0 amide bonds. The van der Waals surface area contributed by atoms with Gasteiger partial charge in [-0.05, 0) is 75.0 Å². The first-order chi connectivity index (χ1) is 19.4. The van der Waals surface area contributed by atoms with Gasteiger partial charge >= 0.3 is 0 Å². The van der Waals surface area contributed by atoms with Gasteiger partial charge in [-0.3, -0.25) is 9.36 Å². The first kappa shape index (κ1) is 26.1. The van der Waals surface area contributed by atoms with Crippen LogP contribution in [0.15, 0.2) is 65.7 Å². The van der Waals surface area contributed by atoms with Crippen LogP contribution < -0.4 is 10.3 Å². The Kier molecular flexibility index (Phi) is 7.05. The van der Waals surface area contributed by atoms with E-state index in [1.165, 1.54) is 22.0 Å². The lowest BCUT2D eigenvalue weighted by Crippen LogP contribution is -2.32. The number of aromatic nitrogens is 3. The van der Waals surface area contributed by atoms with Gasteiger partial charge in [-0.25, -0.2) is 19.2 Å². The molecule has 0 bridgehead atoms. The summed E-state index contributed by atoms with van der Waals surface area (Å²) in [6.45, 7) is 12.1. The van der Waals surface area contributed by atoms with Gasteiger partial charge in [0.25, 0.3) is 5.56 Å². The van der Waals surface area contributed by atoms with E-state index in [-0.39, 0.29) is 0 Å². The molecule has 3 aromatic heterocycles. The van der Waals surface area contributed by atoms with Gasteiger partial charge in [0.1, 0.15) is 4.83 Å². The van der Waals surface area contributed by atoms with Gasteiger partial charge < -0.3 is 9.64 Å². The van der Waals surface area contributed by atoms with E-state index in [9.17, 15) is 9.18 Å². The van der Waals surface area contributed by atoms with Crippen molar-refractivity contribution in [1.82, 2.24) is 19.4 Å². The fraction of sp³-hybridized carbons (Fsp3) is 0.290. The molecule has 0 spiro atoms. The van der Waals surface area contributed by atoms with Crippen LogP contribution >= 0.6 is 11.3 Å². The predicted molar refractivity (Wildman–Crippen MR) is 157 cm³/mol. The summed E-state index contributed by atoms with van der Waals surface area (Å²) in [5.74, 6) is 0.919. The summed E-state index contributed by atoms with van der Waals surface area (Å²) in [4.78, 5) is 28.7. The smallest absolute Gasteiger partial charge is 0.288 e. The molecule has 1 fully saturated rings. The molecule has 1 aliphatic heterocycles. The van der Waals surface area contributed by atoms with Crippen molar-refractivity contribution >= 4 is 37.3 Å². The van der Waals surface area contributed by atoms with Gasteiger partial charge in [-0.1, -0.05) is 30.3 Å². The number of rotatable bonds is 6. The van der Waals surface area contributed by atoms with Crippen LogP contribution in [0.5, 0.6) is 5.75 Å². The minimum atomic E-state index is -0.817. The SMILES string of the molecule is [C-]#[N+]c1ccc2sc3c(cc(F)c(=O)n3[C@H](C)c3cccc(-c4ncc(OCC5CCN(C)CC5)cn4)c3)c2c1. The molecular formula is C31H28FN5O2S. The van der Waals surface area contributed by atoms with Crippen LogP contribution in [-0.4, -0.2) is 46.2 Å².